The van der Waals surface area contributed by atoms with E-state index in [-0.39, 0.29) is 5.41 Å². The predicted octanol–water partition coefficient (Wildman–Crippen LogP) is 3.06. The lowest BCUT2D eigenvalue weighted by Crippen LogP contribution is -2.32. The minimum absolute atomic E-state index is 0.271. The lowest BCUT2D eigenvalue weighted by molar-refractivity contribution is 0.347. The van der Waals surface area contributed by atoms with Crippen LogP contribution < -0.4 is 10.6 Å². The van der Waals surface area contributed by atoms with E-state index in [1.165, 1.54) is 11.3 Å². The summed E-state index contributed by atoms with van der Waals surface area (Å²) >= 11 is 0. The number of aryl methyl sites for hydroxylation is 1. The molecule has 0 saturated carbocycles. The summed E-state index contributed by atoms with van der Waals surface area (Å²) in [6, 6.07) is 8.83. The normalized spacial score (nSPS) is 11.6. The van der Waals surface area contributed by atoms with Crippen molar-refractivity contribution >= 4 is 5.69 Å². The summed E-state index contributed by atoms with van der Waals surface area (Å²) < 4.78 is 0. The van der Waals surface area contributed by atoms with Crippen molar-refractivity contribution in [2.75, 3.05) is 25.0 Å². The quantitative estimate of drug-likeness (QED) is 0.819. The summed E-state index contributed by atoms with van der Waals surface area (Å²) in [5.74, 6) is 0. The average Bonchev–Trinajstić information content (AvgIpc) is 2.28. The maximum Gasteiger partial charge on any atom is 0.0363 e. The highest BCUT2D eigenvalue weighted by molar-refractivity contribution is 5.47. The Labute approximate surface area is 106 Å². The van der Waals surface area contributed by atoms with Crippen LogP contribution in [0.4, 0.5) is 5.69 Å². The number of hydrogen-bond donors (Lipinski definition) is 1. The fourth-order valence-electron chi connectivity index (χ4n) is 2.19. The molecule has 0 unspecified atom stereocenters. The third-order valence-corrected chi connectivity index (χ3v) is 3.27. The van der Waals surface area contributed by atoms with Gasteiger partial charge in [-0.1, -0.05) is 32.9 Å². The van der Waals surface area contributed by atoms with Crippen LogP contribution >= 0.6 is 0 Å². The highest BCUT2D eigenvalue weighted by atomic mass is 15.1. The van der Waals surface area contributed by atoms with Crippen LogP contribution in [-0.2, 0) is 6.42 Å². The van der Waals surface area contributed by atoms with Crippen LogP contribution in [0, 0.1) is 5.41 Å². The van der Waals surface area contributed by atoms with Gasteiger partial charge < -0.3 is 10.6 Å². The molecule has 1 rings (SSSR count). The minimum atomic E-state index is 0.271. The zero-order valence-electron chi connectivity index (χ0n) is 11.7. The van der Waals surface area contributed by atoms with E-state index in [1.54, 1.807) is 0 Å². The van der Waals surface area contributed by atoms with Gasteiger partial charge in [-0.3, -0.25) is 0 Å². The Balaban J connectivity index is 2.65. The first kappa shape index (κ1) is 14.0. The molecule has 0 radical (unpaired) electrons. The Kier molecular flexibility index (Phi) is 5.01. The lowest BCUT2D eigenvalue weighted by Gasteiger charge is -2.31. The summed E-state index contributed by atoms with van der Waals surface area (Å²) in [7, 11) is 2.15. The molecule has 0 aliphatic carbocycles. The molecule has 0 saturated heterocycles. The van der Waals surface area contributed by atoms with Gasteiger partial charge in [-0.25, -0.2) is 0 Å². The molecule has 0 aliphatic rings. The molecule has 0 spiro atoms. The van der Waals surface area contributed by atoms with Gasteiger partial charge in [0, 0.05) is 19.3 Å². The number of anilines is 1. The van der Waals surface area contributed by atoms with Crippen LogP contribution in [0.3, 0.4) is 0 Å². The molecule has 2 N–H and O–H groups in total. The van der Waals surface area contributed by atoms with Crippen molar-refractivity contribution in [2.24, 2.45) is 11.1 Å². The van der Waals surface area contributed by atoms with Gasteiger partial charge in [0.25, 0.3) is 0 Å². The Morgan fingerprint density at radius 3 is 2.24 bits per heavy atom. The van der Waals surface area contributed by atoms with E-state index >= 15 is 0 Å². The molecule has 17 heavy (non-hydrogen) atoms. The summed E-state index contributed by atoms with van der Waals surface area (Å²) in [5, 5.41) is 0. The van der Waals surface area contributed by atoms with Crippen LogP contribution in [0.1, 0.15) is 32.8 Å². The van der Waals surface area contributed by atoms with E-state index in [4.69, 9.17) is 5.73 Å². The van der Waals surface area contributed by atoms with Crippen molar-refractivity contribution in [3.05, 3.63) is 29.8 Å². The number of nitrogens with zero attached hydrogens (tertiary/aromatic N) is 1. The number of hydrogen-bond acceptors (Lipinski definition) is 2. The van der Waals surface area contributed by atoms with Crippen LogP contribution in [0.2, 0.25) is 0 Å². The van der Waals surface area contributed by atoms with Gasteiger partial charge in [-0.05, 0) is 42.5 Å². The Bertz CT molecular complexity index is 327. The van der Waals surface area contributed by atoms with Gasteiger partial charge in [-0.2, -0.15) is 0 Å². The van der Waals surface area contributed by atoms with E-state index < -0.39 is 0 Å². The second kappa shape index (κ2) is 6.06. The fourth-order valence-corrected chi connectivity index (χ4v) is 2.19. The number of nitrogens with two attached hydrogens (primary N) is 1. The largest absolute Gasteiger partial charge is 0.374 e. The summed E-state index contributed by atoms with van der Waals surface area (Å²) in [4.78, 5) is 2.31. The molecule has 0 aliphatic heterocycles. The monoisotopic (exact) mass is 234 g/mol. The van der Waals surface area contributed by atoms with Crippen LogP contribution in [0.25, 0.3) is 0 Å². The molecule has 0 fully saturated rings. The predicted molar refractivity (Wildman–Crippen MR) is 76.5 cm³/mol. The fraction of sp³-hybridized carbons (Fsp3) is 0.600. The molecule has 0 amide bonds. The highest BCUT2D eigenvalue weighted by Gasteiger charge is 2.19. The van der Waals surface area contributed by atoms with Crippen molar-refractivity contribution < 1.29 is 0 Å². The Hall–Kier alpha value is -1.02. The highest BCUT2D eigenvalue weighted by Crippen LogP contribution is 2.24. The van der Waals surface area contributed by atoms with E-state index in [2.05, 4.69) is 57.0 Å². The second-order valence-corrected chi connectivity index (χ2v) is 5.58. The smallest absolute Gasteiger partial charge is 0.0363 e. The molecule has 0 heterocycles. The molecular formula is C15H26N2. The standard InChI is InChI=1S/C15H26N2/c1-5-13-6-8-14(9-7-13)17(4)12-15(2,3)10-11-16/h6-9H,5,10-12,16H2,1-4H3. The van der Waals surface area contributed by atoms with Crippen molar-refractivity contribution in [2.45, 2.75) is 33.6 Å². The van der Waals surface area contributed by atoms with E-state index in [9.17, 15) is 0 Å². The zero-order chi connectivity index (χ0) is 12.9. The lowest BCUT2D eigenvalue weighted by atomic mass is 9.88. The molecule has 1 aromatic rings. The van der Waals surface area contributed by atoms with E-state index in [1.807, 2.05) is 0 Å². The van der Waals surface area contributed by atoms with E-state index in [0.717, 1.165) is 25.9 Å². The Morgan fingerprint density at radius 1 is 1.18 bits per heavy atom. The zero-order valence-corrected chi connectivity index (χ0v) is 11.7. The van der Waals surface area contributed by atoms with Crippen molar-refractivity contribution in [3.63, 3.8) is 0 Å². The van der Waals surface area contributed by atoms with Crippen LogP contribution in [-0.4, -0.2) is 20.1 Å². The van der Waals surface area contributed by atoms with Gasteiger partial charge in [0.15, 0.2) is 0 Å². The number of rotatable bonds is 6. The first-order valence-electron chi connectivity index (χ1n) is 6.48. The van der Waals surface area contributed by atoms with Crippen molar-refractivity contribution in [1.29, 1.82) is 0 Å². The molecule has 0 bridgehead atoms. The van der Waals surface area contributed by atoms with Crippen LogP contribution in [0.5, 0.6) is 0 Å². The van der Waals surface area contributed by atoms with Gasteiger partial charge in [0.2, 0.25) is 0 Å². The van der Waals surface area contributed by atoms with Gasteiger partial charge in [-0.15, -0.1) is 0 Å². The summed E-state index contributed by atoms with van der Waals surface area (Å²) in [6.07, 6.45) is 2.16. The van der Waals surface area contributed by atoms with Crippen molar-refractivity contribution in [3.8, 4) is 0 Å². The minimum Gasteiger partial charge on any atom is -0.374 e. The van der Waals surface area contributed by atoms with Gasteiger partial charge in [0.1, 0.15) is 0 Å². The van der Waals surface area contributed by atoms with Gasteiger partial charge >= 0.3 is 0 Å². The summed E-state index contributed by atoms with van der Waals surface area (Å²) in [6.45, 7) is 8.53. The topological polar surface area (TPSA) is 29.3 Å². The first-order valence-corrected chi connectivity index (χ1v) is 6.48. The average molecular weight is 234 g/mol. The Morgan fingerprint density at radius 2 is 1.76 bits per heavy atom. The molecule has 2 heteroatoms. The molecule has 0 aromatic heterocycles. The molecule has 96 valence electrons. The summed E-state index contributed by atoms with van der Waals surface area (Å²) in [5.41, 5.74) is 8.60. The van der Waals surface area contributed by atoms with Crippen molar-refractivity contribution in [1.82, 2.24) is 0 Å². The second-order valence-electron chi connectivity index (χ2n) is 5.58. The third-order valence-electron chi connectivity index (χ3n) is 3.27. The molecule has 2 nitrogen and oxygen atoms in total. The molecular weight excluding hydrogens is 208 g/mol. The maximum absolute atomic E-state index is 5.65. The first-order chi connectivity index (χ1) is 7.98. The van der Waals surface area contributed by atoms with Gasteiger partial charge in [0.05, 0.1) is 0 Å². The maximum atomic E-state index is 5.65. The number of benzene rings is 1. The molecule has 1 aromatic carbocycles. The SMILES string of the molecule is CCc1ccc(N(C)CC(C)(C)CCN)cc1. The van der Waals surface area contributed by atoms with E-state index in [0.29, 0.717) is 0 Å². The van der Waals surface area contributed by atoms with Crippen LogP contribution in [0.15, 0.2) is 24.3 Å². The molecule has 0 atom stereocenters. The third kappa shape index (κ3) is 4.39.